The van der Waals surface area contributed by atoms with E-state index in [0.29, 0.717) is 19.0 Å². The van der Waals surface area contributed by atoms with E-state index in [4.69, 9.17) is 11.5 Å². The lowest BCUT2D eigenvalue weighted by atomic mass is 10.1. The van der Waals surface area contributed by atoms with Crippen molar-refractivity contribution in [3.05, 3.63) is 17.7 Å². The van der Waals surface area contributed by atoms with Gasteiger partial charge in [0.2, 0.25) is 5.91 Å². The Morgan fingerprint density at radius 3 is 2.76 bits per heavy atom. The summed E-state index contributed by atoms with van der Waals surface area (Å²) >= 11 is 0. The molecule has 0 radical (unpaired) electrons. The normalized spacial score (nSPS) is 19.6. The number of nitrogen functional groups attached to an aromatic ring is 1. The van der Waals surface area contributed by atoms with Gasteiger partial charge < -0.3 is 16.4 Å². The first-order valence-electron chi connectivity index (χ1n) is 5.15. The van der Waals surface area contributed by atoms with Gasteiger partial charge in [0, 0.05) is 19.2 Å². The molecule has 1 amide bonds. The number of anilines is 2. The number of hydrogen-bond donors (Lipinski definition) is 2. The fraction of sp³-hybridized carbons (Fsp3) is 0.400. The van der Waals surface area contributed by atoms with Gasteiger partial charge >= 0.3 is 0 Å². The van der Waals surface area contributed by atoms with Crippen molar-refractivity contribution in [1.29, 1.82) is 0 Å². The minimum absolute atomic E-state index is 0.0346. The van der Waals surface area contributed by atoms with Crippen LogP contribution >= 0.6 is 0 Å². The average molecular weight is 242 g/mol. The van der Waals surface area contributed by atoms with Crippen molar-refractivity contribution in [3.63, 3.8) is 0 Å². The number of amides is 1. The first-order valence-corrected chi connectivity index (χ1v) is 5.15. The van der Waals surface area contributed by atoms with Gasteiger partial charge in [0.25, 0.3) is 0 Å². The number of rotatable bonds is 2. The highest BCUT2D eigenvalue weighted by Gasteiger charge is 2.29. The van der Waals surface area contributed by atoms with E-state index in [-0.39, 0.29) is 24.1 Å². The first-order chi connectivity index (χ1) is 7.99. The summed E-state index contributed by atoms with van der Waals surface area (Å²) in [7, 11) is 0. The van der Waals surface area contributed by atoms with Crippen LogP contribution in [0, 0.1) is 17.6 Å². The van der Waals surface area contributed by atoms with Gasteiger partial charge in [0.15, 0.2) is 23.3 Å². The third-order valence-corrected chi connectivity index (χ3v) is 2.83. The largest absolute Gasteiger partial charge is 0.381 e. The molecule has 1 saturated heterocycles. The Hall–Kier alpha value is -1.92. The van der Waals surface area contributed by atoms with E-state index < -0.39 is 17.5 Å². The van der Waals surface area contributed by atoms with E-state index in [9.17, 15) is 13.6 Å². The predicted molar refractivity (Wildman–Crippen MR) is 58.1 cm³/mol. The van der Waals surface area contributed by atoms with Gasteiger partial charge in [0.05, 0.1) is 5.92 Å². The Kier molecular flexibility index (Phi) is 2.83. The topological polar surface area (TPSA) is 85.2 Å². The predicted octanol–water partition coefficient (Wildman–Crippen LogP) is 0.254. The van der Waals surface area contributed by atoms with E-state index >= 15 is 0 Å². The number of aromatic nitrogens is 1. The van der Waals surface area contributed by atoms with Gasteiger partial charge in [-0.1, -0.05) is 0 Å². The maximum atomic E-state index is 13.5. The second kappa shape index (κ2) is 4.15. The number of nitrogens with two attached hydrogens (primary N) is 2. The second-order valence-electron chi connectivity index (χ2n) is 3.99. The van der Waals surface area contributed by atoms with Crippen LogP contribution in [0.2, 0.25) is 0 Å². The monoisotopic (exact) mass is 242 g/mol. The molecule has 1 unspecified atom stereocenters. The van der Waals surface area contributed by atoms with Crippen molar-refractivity contribution in [1.82, 2.24) is 4.98 Å². The van der Waals surface area contributed by atoms with Crippen molar-refractivity contribution in [3.8, 4) is 0 Å². The van der Waals surface area contributed by atoms with Gasteiger partial charge in [-0.2, -0.15) is 0 Å². The molecule has 7 heteroatoms. The fourth-order valence-electron chi connectivity index (χ4n) is 1.88. The number of primary amides is 1. The summed E-state index contributed by atoms with van der Waals surface area (Å²) in [6, 6.07) is 0.690. The summed E-state index contributed by atoms with van der Waals surface area (Å²) in [4.78, 5) is 16.2. The lowest BCUT2D eigenvalue weighted by molar-refractivity contribution is -0.121. The number of carbonyl (C=O) groups excluding carboxylic acids is 1. The Morgan fingerprint density at radius 1 is 1.47 bits per heavy atom. The third-order valence-electron chi connectivity index (χ3n) is 2.83. The zero-order valence-corrected chi connectivity index (χ0v) is 8.99. The van der Waals surface area contributed by atoms with E-state index in [1.54, 1.807) is 4.90 Å². The minimum atomic E-state index is -0.892. The number of nitrogens with zero attached hydrogens (tertiary/aromatic N) is 2. The molecule has 1 fully saturated rings. The summed E-state index contributed by atoms with van der Waals surface area (Å²) in [5.41, 5.74) is 10.4. The van der Waals surface area contributed by atoms with Gasteiger partial charge in [-0.25, -0.2) is 13.8 Å². The van der Waals surface area contributed by atoms with E-state index in [0.717, 1.165) is 0 Å². The molecule has 1 aromatic rings. The second-order valence-corrected chi connectivity index (χ2v) is 3.99. The van der Waals surface area contributed by atoms with Crippen molar-refractivity contribution in [2.75, 3.05) is 23.7 Å². The summed E-state index contributed by atoms with van der Waals surface area (Å²) in [5, 5.41) is 0. The van der Waals surface area contributed by atoms with E-state index in [2.05, 4.69) is 4.98 Å². The molecule has 0 spiro atoms. The number of pyridine rings is 1. The number of carbonyl (C=O) groups is 1. The van der Waals surface area contributed by atoms with Crippen LogP contribution < -0.4 is 16.4 Å². The standard InChI is InChI=1S/C10H12F2N4O/c11-6-3-7(12)10(15-8(6)13)16-2-1-5(4-16)9(14)17/h3,5H,1-2,4H2,(H2,13,15)(H2,14,17). The summed E-state index contributed by atoms with van der Waals surface area (Å²) < 4.78 is 26.4. The van der Waals surface area contributed by atoms with Crippen molar-refractivity contribution < 1.29 is 13.6 Å². The van der Waals surface area contributed by atoms with Crippen LogP contribution in [0.3, 0.4) is 0 Å². The fourth-order valence-corrected chi connectivity index (χ4v) is 1.88. The van der Waals surface area contributed by atoms with Crippen LogP contribution in [-0.2, 0) is 4.79 Å². The molecule has 1 aromatic heterocycles. The maximum Gasteiger partial charge on any atom is 0.222 e. The molecule has 1 aliphatic heterocycles. The number of halogens is 2. The minimum Gasteiger partial charge on any atom is -0.381 e. The zero-order chi connectivity index (χ0) is 12.6. The van der Waals surface area contributed by atoms with Crippen LogP contribution in [0.4, 0.5) is 20.4 Å². The van der Waals surface area contributed by atoms with Crippen LogP contribution in [-0.4, -0.2) is 24.0 Å². The molecule has 0 bridgehead atoms. The lowest BCUT2D eigenvalue weighted by Crippen LogP contribution is -2.28. The Bertz CT molecular complexity index is 466. The van der Waals surface area contributed by atoms with E-state index in [1.807, 2.05) is 0 Å². The molecule has 2 heterocycles. The molecule has 92 valence electrons. The zero-order valence-electron chi connectivity index (χ0n) is 8.99. The van der Waals surface area contributed by atoms with Crippen LogP contribution in [0.25, 0.3) is 0 Å². The molecule has 2 rings (SSSR count). The number of hydrogen-bond acceptors (Lipinski definition) is 4. The molecule has 17 heavy (non-hydrogen) atoms. The van der Waals surface area contributed by atoms with Gasteiger partial charge in [-0.3, -0.25) is 4.79 Å². The highest BCUT2D eigenvalue weighted by atomic mass is 19.1. The Balaban J connectivity index is 2.24. The summed E-state index contributed by atoms with van der Waals surface area (Å²) in [6.45, 7) is 0.729. The van der Waals surface area contributed by atoms with E-state index in [1.165, 1.54) is 0 Å². The van der Waals surface area contributed by atoms with Gasteiger partial charge in [0.1, 0.15) is 0 Å². The maximum absolute atomic E-state index is 13.5. The summed E-state index contributed by atoms with van der Waals surface area (Å²) in [5.74, 6) is -2.83. The molecule has 0 aliphatic carbocycles. The van der Waals surface area contributed by atoms with Crippen molar-refractivity contribution in [2.45, 2.75) is 6.42 Å². The Labute approximate surface area is 96.4 Å². The lowest BCUT2D eigenvalue weighted by Gasteiger charge is -2.18. The third kappa shape index (κ3) is 2.13. The molecule has 0 saturated carbocycles. The molecule has 1 atom stereocenters. The molecular formula is C10H12F2N4O. The SMILES string of the molecule is NC(=O)C1CCN(c2nc(N)c(F)cc2F)C1. The van der Waals surface area contributed by atoms with Gasteiger partial charge in [-0.15, -0.1) is 0 Å². The van der Waals surface area contributed by atoms with Crippen LogP contribution in [0.1, 0.15) is 6.42 Å². The molecular weight excluding hydrogens is 230 g/mol. The van der Waals surface area contributed by atoms with Crippen LogP contribution in [0.15, 0.2) is 6.07 Å². The quantitative estimate of drug-likeness (QED) is 0.778. The first kappa shape index (κ1) is 11.6. The molecule has 4 N–H and O–H groups in total. The molecule has 0 aromatic carbocycles. The van der Waals surface area contributed by atoms with Crippen LogP contribution in [0.5, 0.6) is 0 Å². The molecule has 1 aliphatic rings. The Morgan fingerprint density at radius 2 is 2.18 bits per heavy atom. The van der Waals surface area contributed by atoms with Gasteiger partial charge in [-0.05, 0) is 6.42 Å². The average Bonchev–Trinajstić information content (AvgIpc) is 2.72. The smallest absolute Gasteiger partial charge is 0.222 e. The molecule has 5 nitrogen and oxygen atoms in total. The highest BCUT2D eigenvalue weighted by Crippen LogP contribution is 2.26. The van der Waals surface area contributed by atoms with Crippen molar-refractivity contribution in [2.24, 2.45) is 11.7 Å². The highest BCUT2D eigenvalue weighted by molar-refractivity contribution is 5.78. The van der Waals surface area contributed by atoms with Crippen molar-refractivity contribution >= 4 is 17.5 Å². The summed E-state index contributed by atoms with van der Waals surface area (Å²) in [6.07, 6.45) is 0.535.